The van der Waals surface area contributed by atoms with Gasteiger partial charge in [-0.05, 0) is 50.1 Å². The third kappa shape index (κ3) is 2.19. The van der Waals surface area contributed by atoms with Gasteiger partial charge in [0.15, 0.2) is 0 Å². The van der Waals surface area contributed by atoms with E-state index in [1.807, 2.05) is 6.07 Å². The fourth-order valence-electron chi connectivity index (χ4n) is 3.25. The van der Waals surface area contributed by atoms with Crippen molar-refractivity contribution >= 4 is 11.4 Å². The SMILES string of the molecule is Cc1cc(N2CCN3CCCCC3C2)ccc1N. The highest BCUT2D eigenvalue weighted by atomic mass is 15.3. The lowest BCUT2D eigenvalue weighted by Gasteiger charge is -2.45. The molecule has 1 aromatic rings. The fourth-order valence-corrected chi connectivity index (χ4v) is 3.25. The Hall–Kier alpha value is -1.22. The van der Waals surface area contributed by atoms with Gasteiger partial charge in [0.1, 0.15) is 0 Å². The van der Waals surface area contributed by atoms with Gasteiger partial charge in [-0.1, -0.05) is 6.42 Å². The Labute approximate surface area is 110 Å². The van der Waals surface area contributed by atoms with Crippen LogP contribution in [0.5, 0.6) is 0 Å². The van der Waals surface area contributed by atoms with Crippen molar-refractivity contribution in [3.05, 3.63) is 23.8 Å². The van der Waals surface area contributed by atoms with Gasteiger partial charge in [0.25, 0.3) is 0 Å². The molecular formula is C15H23N3. The third-order valence-corrected chi connectivity index (χ3v) is 4.46. The van der Waals surface area contributed by atoms with E-state index in [4.69, 9.17) is 5.73 Å². The van der Waals surface area contributed by atoms with Gasteiger partial charge in [0.2, 0.25) is 0 Å². The van der Waals surface area contributed by atoms with Crippen molar-refractivity contribution in [3.8, 4) is 0 Å². The minimum absolute atomic E-state index is 0.769. The summed E-state index contributed by atoms with van der Waals surface area (Å²) in [5.41, 5.74) is 9.33. The molecule has 0 bridgehead atoms. The first kappa shape index (κ1) is 11.8. The van der Waals surface area contributed by atoms with Gasteiger partial charge in [0.05, 0.1) is 0 Å². The van der Waals surface area contributed by atoms with E-state index in [0.717, 1.165) is 18.3 Å². The largest absolute Gasteiger partial charge is 0.399 e. The minimum atomic E-state index is 0.769. The number of anilines is 2. The summed E-state index contributed by atoms with van der Waals surface area (Å²) in [6, 6.07) is 7.21. The summed E-state index contributed by atoms with van der Waals surface area (Å²) in [5, 5.41) is 0. The van der Waals surface area contributed by atoms with E-state index in [9.17, 15) is 0 Å². The van der Waals surface area contributed by atoms with Gasteiger partial charge in [-0.25, -0.2) is 0 Å². The molecule has 1 aromatic carbocycles. The molecule has 0 amide bonds. The van der Waals surface area contributed by atoms with Crippen LogP contribution in [-0.2, 0) is 0 Å². The summed E-state index contributed by atoms with van der Waals surface area (Å²) >= 11 is 0. The number of hydrogen-bond acceptors (Lipinski definition) is 3. The molecule has 0 radical (unpaired) electrons. The van der Waals surface area contributed by atoms with Crippen molar-refractivity contribution in [2.24, 2.45) is 0 Å². The van der Waals surface area contributed by atoms with E-state index < -0.39 is 0 Å². The molecule has 18 heavy (non-hydrogen) atoms. The number of fused-ring (bicyclic) bond motifs is 1. The highest BCUT2D eigenvalue weighted by Gasteiger charge is 2.28. The monoisotopic (exact) mass is 245 g/mol. The Kier molecular flexibility index (Phi) is 3.16. The van der Waals surface area contributed by atoms with Crippen LogP contribution in [0, 0.1) is 6.92 Å². The number of rotatable bonds is 1. The van der Waals surface area contributed by atoms with Crippen LogP contribution in [0.3, 0.4) is 0 Å². The molecule has 1 unspecified atom stereocenters. The van der Waals surface area contributed by atoms with E-state index in [0.29, 0.717) is 0 Å². The standard InChI is InChI=1S/C15H23N3/c1-12-10-13(5-6-15(12)16)18-9-8-17-7-3-2-4-14(17)11-18/h5-6,10,14H,2-4,7-9,11,16H2,1H3. The second-order valence-electron chi connectivity index (χ2n) is 5.67. The Morgan fingerprint density at radius 3 is 2.89 bits per heavy atom. The second-order valence-corrected chi connectivity index (χ2v) is 5.67. The summed E-state index contributed by atoms with van der Waals surface area (Å²) < 4.78 is 0. The zero-order chi connectivity index (χ0) is 12.5. The van der Waals surface area contributed by atoms with E-state index in [1.54, 1.807) is 0 Å². The maximum atomic E-state index is 5.90. The van der Waals surface area contributed by atoms with E-state index >= 15 is 0 Å². The molecule has 2 fully saturated rings. The van der Waals surface area contributed by atoms with E-state index in [-0.39, 0.29) is 0 Å². The predicted molar refractivity (Wildman–Crippen MR) is 77.0 cm³/mol. The third-order valence-electron chi connectivity index (χ3n) is 4.46. The summed E-state index contributed by atoms with van der Waals surface area (Å²) in [4.78, 5) is 5.20. The molecule has 2 N–H and O–H groups in total. The number of nitrogens with zero attached hydrogens (tertiary/aromatic N) is 2. The molecule has 0 saturated carbocycles. The Morgan fingerprint density at radius 1 is 1.17 bits per heavy atom. The molecule has 0 aromatic heterocycles. The highest BCUT2D eigenvalue weighted by Crippen LogP contribution is 2.26. The Balaban J connectivity index is 1.75. The lowest BCUT2D eigenvalue weighted by molar-refractivity contribution is 0.133. The van der Waals surface area contributed by atoms with Crippen LogP contribution in [0.25, 0.3) is 0 Å². The summed E-state index contributed by atoms with van der Waals surface area (Å²) in [5.74, 6) is 0. The second kappa shape index (κ2) is 4.81. The van der Waals surface area contributed by atoms with Crippen molar-refractivity contribution in [2.75, 3.05) is 36.8 Å². The van der Waals surface area contributed by atoms with Crippen LogP contribution in [0.15, 0.2) is 18.2 Å². The van der Waals surface area contributed by atoms with Gasteiger partial charge >= 0.3 is 0 Å². The van der Waals surface area contributed by atoms with Gasteiger partial charge in [-0.2, -0.15) is 0 Å². The highest BCUT2D eigenvalue weighted by molar-refractivity contribution is 5.58. The number of nitrogens with two attached hydrogens (primary N) is 1. The van der Waals surface area contributed by atoms with Crippen LogP contribution in [0.2, 0.25) is 0 Å². The smallest absolute Gasteiger partial charge is 0.0371 e. The minimum Gasteiger partial charge on any atom is -0.399 e. The number of nitrogen functional groups attached to an aromatic ring is 1. The molecule has 3 nitrogen and oxygen atoms in total. The molecule has 3 heteroatoms. The van der Waals surface area contributed by atoms with Crippen molar-refractivity contribution < 1.29 is 0 Å². The van der Waals surface area contributed by atoms with Crippen molar-refractivity contribution in [1.29, 1.82) is 0 Å². The molecule has 1 atom stereocenters. The first-order chi connectivity index (χ1) is 8.74. The molecule has 0 spiro atoms. The number of piperazine rings is 1. The predicted octanol–water partition coefficient (Wildman–Crippen LogP) is 2.25. The number of hydrogen-bond donors (Lipinski definition) is 1. The maximum Gasteiger partial charge on any atom is 0.0371 e. The first-order valence-electron chi connectivity index (χ1n) is 7.09. The molecule has 2 saturated heterocycles. The molecular weight excluding hydrogens is 222 g/mol. The zero-order valence-corrected chi connectivity index (χ0v) is 11.2. The average Bonchev–Trinajstić information content (AvgIpc) is 2.41. The lowest BCUT2D eigenvalue weighted by Crippen LogP contribution is -2.54. The molecule has 2 heterocycles. The van der Waals surface area contributed by atoms with Crippen molar-refractivity contribution in [2.45, 2.75) is 32.2 Å². The quantitative estimate of drug-likeness (QED) is 0.770. The van der Waals surface area contributed by atoms with Crippen LogP contribution < -0.4 is 10.6 Å². The lowest BCUT2D eigenvalue weighted by atomic mass is 9.99. The number of benzene rings is 1. The maximum absolute atomic E-state index is 5.90. The summed E-state index contributed by atoms with van der Waals surface area (Å²) in [6.07, 6.45) is 4.15. The van der Waals surface area contributed by atoms with Crippen LogP contribution in [0.1, 0.15) is 24.8 Å². The van der Waals surface area contributed by atoms with Gasteiger partial charge in [-0.15, -0.1) is 0 Å². The fraction of sp³-hybridized carbons (Fsp3) is 0.600. The number of aryl methyl sites for hydroxylation is 1. The summed E-state index contributed by atoms with van der Waals surface area (Å²) in [6.45, 7) is 6.95. The zero-order valence-electron chi connectivity index (χ0n) is 11.2. The van der Waals surface area contributed by atoms with E-state index in [2.05, 4.69) is 28.9 Å². The van der Waals surface area contributed by atoms with Gasteiger partial charge in [-0.3, -0.25) is 4.90 Å². The van der Waals surface area contributed by atoms with E-state index in [1.165, 1.54) is 50.1 Å². The van der Waals surface area contributed by atoms with Crippen LogP contribution >= 0.6 is 0 Å². The van der Waals surface area contributed by atoms with Gasteiger partial charge in [0, 0.05) is 37.1 Å². The van der Waals surface area contributed by atoms with Crippen molar-refractivity contribution in [1.82, 2.24) is 4.90 Å². The Bertz CT molecular complexity index is 430. The molecule has 0 aliphatic carbocycles. The molecule has 3 rings (SSSR count). The van der Waals surface area contributed by atoms with Gasteiger partial charge < -0.3 is 10.6 Å². The Morgan fingerprint density at radius 2 is 2.06 bits per heavy atom. The average molecular weight is 245 g/mol. The van der Waals surface area contributed by atoms with Crippen LogP contribution in [-0.4, -0.2) is 37.1 Å². The van der Waals surface area contributed by atoms with Crippen molar-refractivity contribution in [3.63, 3.8) is 0 Å². The first-order valence-corrected chi connectivity index (χ1v) is 7.09. The normalized spacial score (nSPS) is 24.9. The molecule has 2 aliphatic rings. The number of piperidine rings is 1. The topological polar surface area (TPSA) is 32.5 Å². The van der Waals surface area contributed by atoms with Crippen LogP contribution in [0.4, 0.5) is 11.4 Å². The summed E-state index contributed by atoms with van der Waals surface area (Å²) in [7, 11) is 0. The molecule has 98 valence electrons. The molecule has 2 aliphatic heterocycles.